The van der Waals surface area contributed by atoms with Crippen LogP contribution in [0.4, 0.5) is 10.2 Å². The lowest BCUT2D eigenvalue weighted by molar-refractivity contribution is -0.140. The molecule has 0 radical (unpaired) electrons. The first kappa shape index (κ1) is 13.7. The van der Waals surface area contributed by atoms with E-state index in [1.54, 1.807) is 12.1 Å². The third-order valence-corrected chi connectivity index (χ3v) is 3.42. The molecular formula is C13H12BrFN2O2. The van der Waals surface area contributed by atoms with E-state index >= 15 is 0 Å². The molecule has 2 rings (SSSR count). The number of benzene rings is 1. The van der Waals surface area contributed by atoms with Gasteiger partial charge in [0.25, 0.3) is 0 Å². The number of carbonyl (C=O) groups excluding carboxylic acids is 1. The number of pyridine rings is 1. The molecule has 0 atom stereocenters. The van der Waals surface area contributed by atoms with Gasteiger partial charge in [-0.05, 0) is 46.1 Å². The fourth-order valence-electron chi connectivity index (χ4n) is 1.88. The van der Waals surface area contributed by atoms with Crippen LogP contribution in [0.2, 0.25) is 0 Å². The number of aromatic nitrogens is 1. The van der Waals surface area contributed by atoms with Gasteiger partial charge in [0.05, 0.1) is 12.6 Å². The van der Waals surface area contributed by atoms with Gasteiger partial charge in [-0.2, -0.15) is 0 Å². The van der Waals surface area contributed by atoms with Crippen LogP contribution in [0.1, 0.15) is 12.0 Å². The number of anilines is 1. The molecule has 6 heteroatoms. The number of hydrogen-bond acceptors (Lipinski definition) is 4. The average molecular weight is 327 g/mol. The van der Waals surface area contributed by atoms with E-state index in [1.165, 1.54) is 13.2 Å². The number of hydrogen-bond donors (Lipinski definition) is 1. The van der Waals surface area contributed by atoms with Gasteiger partial charge in [-0.1, -0.05) is 0 Å². The normalized spacial score (nSPS) is 10.7. The summed E-state index contributed by atoms with van der Waals surface area (Å²) in [6.07, 6.45) is 0.377. The van der Waals surface area contributed by atoms with Crippen molar-refractivity contribution in [1.29, 1.82) is 0 Å². The monoisotopic (exact) mass is 326 g/mol. The number of ether oxygens (including phenoxy) is 1. The summed E-state index contributed by atoms with van der Waals surface area (Å²) in [7, 11) is 1.31. The van der Waals surface area contributed by atoms with Gasteiger partial charge in [-0.15, -0.1) is 0 Å². The number of aryl methyl sites for hydroxylation is 1. The Morgan fingerprint density at radius 2 is 2.26 bits per heavy atom. The molecule has 1 heterocycles. The minimum atomic E-state index is -0.380. The Kier molecular flexibility index (Phi) is 3.99. The van der Waals surface area contributed by atoms with Crippen molar-refractivity contribution in [3.63, 3.8) is 0 Å². The molecule has 2 aromatic rings. The zero-order chi connectivity index (χ0) is 14.0. The van der Waals surface area contributed by atoms with Crippen molar-refractivity contribution >= 4 is 38.6 Å². The highest BCUT2D eigenvalue weighted by Gasteiger charge is 2.14. The number of esters is 1. The molecule has 0 unspecified atom stereocenters. The zero-order valence-electron chi connectivity index (χ0n) is 10.2. The SMILES string of the molecule is COC(=O)CCc1c(F)cc(Br)c2nc(N)ccc12. The number of fused-ring (bicyclic) bond motifs is 1. The standard InChI is InChI=1S/C13H12BrFN2O2/c1-19-12(18)5-3-7-8-2-4-11(16)17-13(8)9(14)6-10(7)15/h2,4,6H,3,5H2,1H3,(H2,16,17). The van der Waals surface area contributed by atoms with Crippen LogP contribution in [-0.2, 0) is 16.0 Å². The predicted octanol–water partition coefficient (Wildman–Crippen LogP) is 2.82. The molecule has 1 aromatic heterocycles. The van der Waals surface area contributed by atoms with Crippen LogP contribution in [0, 0.1) is 5.82 Å². The van der Waals surface area contributed by atoms with Crippen molar-refractivity contribution in [3.8, 4) is 0 Å². The van der Waals surface area contributed by atoms with Crippen molar-refractivity contribution in [1.82, 2.24) is 4.98 Å². The van der Waals surface area contributed by atoms with Gasteiger partial charge in [0.2, 0.25) is 0 Å². The van der Waals surface area contributed by atoms with E-state index in [2.05, 4.69) is 25.7 Å². The Morgan fingerprint density at radius 1 is 1.53 bits per heavy atom. The molecular weight excluding hydrogens is 315 g/mol. The van der Waals surface area contributed by atoms with E-state index in [9.17, 15) is 9.18 Å². The molecule has 2 N–H and O–H groups in total. The summed E-state index contributed by atoms with van der Waals surface area (Å²) < 4.78 is 19.1. The smallest absolute Gasteiger partial charge is 0.305 e. The second-order valence-corrected chi connectivity index (χ2v) is 4.88. The molecule has 1 aromatic carbocycles. The second-order valence-electron chi connectivity index (χ2n) is 4.03. The number of nitrogens with two attached hydrogens (primary N) is 1. The van der Waals surface area contributed by atoms with E-state index in [-0.39, 0.29) is 24.6 Å². The van der Waals surface area contributed by atoms with E-state index in [1.807, 2.05) is 0 Å². The van der Waals surface area contributed by atoms with Crippen LogP contribution >= 0.6 is 15.9 Å². The number of nitrogen functional groups attached to an aromatic ring is 1. The van der Waals surface area contributed by atoms with Gasteiger partial charge < -0.3 is 10.5 Å². The topological polar surface area (TPSA) is 65.2 Å². The van der Waals surface area contributed by atoms with Crippen molar-refractivity contribution in [2.75, 3.05) is 12.8 Å². The van der Waals surface area contributed by atoms with Gasteiger partial charge >= 0.3 is 5.97 Å². The lowest BCUT2D eigenvalue weighted by Crippen LogP contribution is -2.04. The Labute approximate surface area is 117 Å². The highest BCUT2D eigenvalue weighted by Crippen LogP contribution is 2.29. The van der Waals surface area contributed by atoms with E-state index in [4.69, 9.17) is 5.73 Å². The molecule has 0 aliphatic rings. The van der Waals surface area contributed by atoms with E-state index in [0.717, 1.165) is 0 Å². The molecule has 0 aliphatic heterocycles. The molecule has 100 valence electrons. The predicted molar refractivity (Wildman–Crippen MR) is 74.2 cm³/mol. The van der Waals surface area contributed by atoms with Crippen LogP contribution in [0.5, 0.6) is 0 Å². The van der Waals surface area contributed by atoms with Gasteiger partial charge in [-0.3, -0.25) is 4.79 Å². The van der Waals surface area contributed by atoms with Gasteiger partial charge in [0, 0.05) is 16.3 Å². The first-order valence-electron chi connectivity index (χ1n) is 5.63. The lowest BCUT2D eigenvalue weighted by Gasteiger charge is -2.09. The fraction of sp³-hybridized carbons (Fsp3) is 0.231. The number of halogens is 2. The van der Waals surface area contributed by atoms with Gasteiger partial charge in [0.1, 0.15) is 11.6 Å². The van der Waals surface area contributed by atoms with Crippen LogP contribution in [-0.4, -0.2) is 18.1 Å². The van der Waals surface area contributed by atoms with Crippen LogP contribution in [0.15, 0.2) is 22.7 Å². The maximum absolute atomic E-state index is 14.0. The van der Waals surface area contributed by atoms with Crippen LogP contribution in [0.25, 0.3) is 10.9 Å². The lowest BCUT2D eigenvalue weighted by atomic mass is 10.0. The number of carbonyl (C=O) groups is 1. The summed E-state index contributed by atoms with van der Waals surface area (Å²) in [6, 6.07) is 4.65. The van der Waals surface area contributed by atoms with E-state index < -0.39 is 0 Å². The second kappa shape index (κ2) is 5.52. The van der Waals surface area contributed by atoms with Crippen molar-refractivity contribution in [3.05, 3.63) is 34.1 Å². The Balaban J connectivity index is 2.50. The summed E-state index contributed by atoms with van der Waals surface area (Å²) in [5.41, 5.74) is 6.65. The summed E-state index contributed by atoms with van der Waals surface area (Å²) in [4.78, 5) is 15.3. The molecule has 0 saturated heterocycles. The highest BCUT2D eigenvalue weighted by molar-refractivity contribution is 9.10. The summed E-state index contributed by atoms with van der Waals surface area (Å²) in [5, 5.41) is 0.643. The zero-order valence-corrected chi connectivity index (χ0v) is 11.8. The van der Waals surface area contributed by atoms with Crippen LogP contribution in [0.3, 0.4) is 0 Å². The molecule has 0 spiro atoms. The molecule has 0 aliphatic carbocycles. The van der Waals surface area contributed by atoms with Crippen molar-refractivity contribution in [2.24, 2.45) is 0 Å². The first-order chi connectivity index (χ1) is 9.02. The Bertz CT molecular complexity index is 646. The highest BCUT2D eigenvalue weighted by atomic mass is 79.9. The molecule has 0 saturated carbocycles. The maximum Gasteiger partial charge on any atom is 0.305 e. The summed E-state index contributed by atoms with van der Waals surface area (Å²) >= 11 is 3.26. The van der Waals surface area contributed by atoms with Gasteiger partial charge in [0.15, 0.2) is 0 Å². The molecule has 0 bridgehead atoms. The summed E-state index contributed by atoms with van der Waals surface area (Å²) in [6.45, 7) is 0. The van der Waals surface area contributed by atoms with Crippen molar-refractivity contribution in [2.45, 2.75) is 12.8 Å². The number of nitrogens with zero attached hydrogens (tertiary/aromatic N) is 1. The Morgan fingerprint density at radius 3 is 2.95 bits per heavy atom. The van der Waals surface area contributed by atoms with Crippen LogP contribution < -0.4 is 5.73 Å². The third kappa shape index (κ3) is 2.84. The molecule has 4 nitrogen and oxygen atoms in total. The fourth-order valence-corrected chi connectivity index (χ4v) is 2.38. The average Bonchev–Trinajstić information content (AvgIpc) is 2.38. The molecule has 0 fully saturated rings. The number of rotatable bonds is 3. The minimum absolute atomic E-state index is 0.120. The maximum atomic E-state index is 14.0. The first-order valence-corrected chi connectivity index (χ1v) is 6.42. The minimum Gasteiger partial charge on any atom is -0.469 e. The third-order valence-electron chi connectivity index (χ3n) is 2.82. The Hall–Kier alpha value is -1.69. The summed E-state index contributed by atoms with van der Waals surface area (Å²) in [5.74, 6) is -0.396. The quantitative estimate of drug-likeness (QED) is 0.881. The van der Waals surface area contributed by atoms with E-state index in [0.29, 0.717) is 26.8 Å². The number of methoxy groups -OCH3 is 1. The largest absolute Gasteiger partial charge is 0.469 e. The van der Waals surface area contributed by atoms with Gasteiger partial charge in [-0.25, -0.2) is 9.37 Å². The van der Waals surface area contributed by atoms with Crippen molar-refractivity contribution < 1.29 is 13.9 Å². The molecule has 19 heavy (non-hydrogen) atoms. The molecule has 0 amide bonds.